The Kier molecular flexibility index (Phi) is 2.77. The standard InChI is InChI=1S/C16H14INO2/c17-11-2-1-3-12(8-11)18-15(19)13-9-4-5-10(7-6-9)14(13)16(18)20/h1-5,8-10,13-14H,6-7H2/t9-,10-,13+,14+/m0/s1. The quantitative estimate of drug-likeness (QED) is 0.428. The molecule has 1 saturated carbocycles. The number of carbonyl (C=O) groups excluding carboxylic acids is 2. The van der Waals surface area contributed by atoms with Gasteiger partial charge in [0.2, 0.25) is 11.8 Å². The number of carbonyl (C=O) groups is 2. The summed E-state index contributed by atoms with van der Waals surface area (Å²) < 4.78 is 1.04. The molecule has 4 atom stereocenters. The molecule has 2 amide bonds. The minimum absolute atomic E-state index is 0.000972. The van der Waals surface area contributed by atoms with Gasteiger partial charge in [0.15, 0.2) is 0 Å². The average Bonchev–Trinajstić information content (AvgIpc) is 2.74. The number of imide groups is 1. The average molecular weight is 379 g/mol. The highest BCUT2D eigenvalue weighted by Crippen LogP contribution is 2.50. The van der Waals surface area contributed by atoms with E-state index in [0.29, 0.717) is 0 Å². The fourth-order valence-corrected chi connectivity index (χ4v) is 4.47. The van der Waals surface area contributed by atoms with Crippen LogP contribution >= 0.6 is 22.6 Å². The lowest BCUT2D eigenvalue weighted by Crippen LogP contribution is -2.38. The molecule has 0 unspecified atom stereocenters. The van der Waals surface area contributed by atoms with Crippen LogP contribution in [0.1, 0.15) is 12.8 Å². The highest BCUT2D eigenvalue weighted by Gasteiger charge is 2.56. The number of benzene rings is 1. The van der Waals surface area contributed by atoms with E-state index in [2.05, 4.69) is 34.7 Å². The van der Waals surface area contributed by atoms with Crippen molar-refractivity contribution in [1.29, 1.82) is 0 Å². The van der Waals surface area contributed by atoms with E-state index in [1.165, 1.54) is 4.90 Å². The van der Waals surface area contributed by atoms with Crippen molar-refractivity contribution >= 4 is 40.1 Å². The first-order chi connectivity index (χ1) is 9.66. The molecule has 2 fully saturated rings. The van der Waals surface area contributed by atoms with Crippen LogP contribution in [0.15, 0.2) is 36.4 Å². The summed E-state index contributed by atoms with van der Waals surface area (Å²) in [7, 11) is 0. The molecule has 1 aromatic carbocycles. The Morgan fingerprint density at radius 1 is 1.00 bits per heavy atom. The first kappa shape index (κ1) is 12.6. The molecular formula is C16H14INO2. The van der Waals surface area contributed by atoms with Crippen molar-refractivity contribution in [2.45, 2.75) is 12.8 Å². The molecule has 0 aromatic heterocycles. The van der Waals surface area contributed by atoms with Crippen molar-refractivity contribution in [1.82, 2.24) is 0 Å². The number of hydrogen-bond acceptors (Lipinski definition) is 2. The highest BCUT2D eigenvalue weighted by atomic mass is 127. The van der Waals surface area contributed by atoms with Crippen LogP contribution < -0.4 is 4.90 Å². The Bertz CT molecular complexity index is 607. The van der Waals surface area contributed by atoms with E-state index >= 15 is 0 Å². The number of fused-ring (bicyclic) bond motifs is 1. The molecule has 102 valence electrons. The van der Waals surface area contributed by atoms with Gasteiger partial charge >= 0.3 is 0 Å². The predicted molar refractivity (Wildman–Crippen MR) is 84.0 cm³/mol. The number of nitrogens with zero attached hydrogens (tertiary/aromatic N) is 1. The van der Waals surface area contributed by atoms with Crippen LogP contribution in [0.3, 0.4) is 0 Å². The molecule has 20 heavy (non-hydrogen) atoms. The molecule has 0 spiro atoms. The topological polar surface area (TPSA) is 37.4 Å². The molecule has 0 N–H and O–H groups in total. The second kappa shape index (κ2) is 4.41. The Labute approximate surface area is 131 Å². The summed E-state index contributed by atoms with van der Waals surface area (Å²) in [5, 5.41) is 0. The predicted octanol–water partition coefficient (Wildman–Crippen LogP) is 2.99. The van der Waals surface area contributed by atoms with Gasteiger partial charge in [-0.2, -0.15) is 0 Å². The van der Waals surface area contributed by atoms with Crippen molar-refractivity contribution < 1.29 is 9.59 Å². The van der Waals surface area contributed by atoms with Gasteiger partial charge in [-0.05, 0) is 65.5 Å². The summed E-state index contributed by atoms with van der Waals surface area (Å²) in [6, 6.07) is 7.62. The molecule has 1 heterocycles. The molecule has 0 radical (unpaired) electrons. The van der Waals surface area contributed by atoms with E-state index < -0.39 is 0 Å². The van der Waals surface area contributed by atoms with Crippen molar-refractivity contribution in [2.75, 3.05) is 4.90 Å². The zero-order valence-electron chi connectivity index (χ0n) is 10.8. The molecule has 3 aliphatic carbocycles. The van der Waals surface area contributed by atoms with Gasteiger partial charge in [-0.3, -0.25) is 9.59 Å². The summed E-state index contributed by atoms with van der Waals surface area (Å²) in [4.78, 5) is 26.9. The van der Waals surface area contributed by atoms with Crippen LogP contribution in [0.2, 0.25) is 0 Å². The number of rotatable bonds is 1. The monoisotopic (exact) mass is 379 g/mol. The van der Waals surface area contributed by atoms with Crippen molar-refractivity contribution in [3.63, 3.8) is 0 Å². The summed E-state index contributed by atoms with van der Waals surface area (Å²) in [5.41, 5.74) is 0.723. The third-order valence-electron chi connectivity index (χ3n) is 4.83. The fraction of sp³-hybridized carbons (Fsp3) is 0.375. The Morgan fingerprint density at radius 2 is 1.60 bits per heavy atom. The third-order valence-corrected chi connectivity index (χ3v) is 5.50. The van der Waals surface area contributed by atoms with Gasteiger partial charge in [0, 0.05) is 3.57 Å². The van der Waals surface area contributed by atoms with Crippen LogP contribution in [-0.2, 0) is 9.59 Å². The molecule has 4 aliphatic rings. The molecule has 2 bridgehead atoms. The zero-order valence-corrected chi connectivity index (χ0v) is 13.0. The highest BCUT2D eigenvalue weighted by molar-refractivity contribution is 14.1. The molecule has 1 aliphatic heterocycles. The second-order valence-corrected chi connectivity index (χ2v) is 7.08. The SMILES string of the molecule is O=C1[C@H]2[C@H](C(=O)N1c1cccc(I)c1)[C@H]1C=C[C@H]2CC1. The fourth-order valence-electron chi connectivity index (χ4n) is 3.94. The van der Waals surface area contributed by atoms with Crippen molar-refractivity contribution in [2.24, 2.45) is 23.7 Å². The van der Waals surface area contributed by atoms with Crippen molar-refractivity contribution in [3.8, 4) is 0 Å². The minimum Gasteiger partial charge on any atom is -0.274 e. The summed E-state index contributed by atoms with van der Waals surface area (Å²) in [5.74, 6) is 0.277. The van der Waals surface area contributed by atoms with E-state index in [0.717, 1.165) is 22.1 Å². The van der Waals surface area contributed by atoms with Crippen LogP contribution in [-0.4, -0.2) is 11.8 Å². The van der Waals surface area contributed by atoms with E-state index in [1.807, 2.05) is 24.3 Å². The van der Waals surface area contributed by atoms with Crippen LogP contribution in [0.25, 0.3) is 0 Å². The van der Waals surface area contributed by atoms with E-state index in [4.69, 9.17) is 0 Å². The summed E-state index contributed by atoms with van der Waals surface area (Å²) in [6.07, 6.45) is 6.39. The Morgan fingerprint density at radius 3 is 2.10 bits per heavy atom. The smallest absolute Gasteiger partial charge is 0.238 e. The maximum atomic E-state index is 12.7. The largest absolute Gasteiger partial charge is 0.274 e. The van der Waals surface area contributed by atoms with Gasteiger partial charge in [-0.1, -0.05) is 18.2 Å². The van der Waals surface area contributed by atoms with Crippen LogP contribution in [0.4, 0.5) is 5.69 Å². The third kappa shape index (κ3) is 1.63. The lowest BCUT2D eigenvalue weighted by atomic mass is 9.63. The van der Waals surface area contributed by atoms with Gasteiger partial charge in [-0.15, -0.1) is 0 Å². The molecule has 1 aromatic rings. The van der Waals surface area contributed by atoms with E-state index in [9.17, 15) is 9.59 Å². The molecular weight excluding hydrogens is 365 g/mol. The van der Waals surface area contributed by atoms with Gasteiger partial charge in [-0.25, -0.2) is 4.90 Å². The zero-order chi connectivity index (χ0) is 13.9. The van der Waals surface area contributed by atoms with E-state index in [-0.39, 0.29) is 35.5 Å². The van der Waals surface area contributed by atoms with Gasteiger partial charge < -0.3 is 0 Å². The first-order valence-electron chi connectivity index (χ1n) is 6.98. The number of amides is 2. The van der Waals surface area contributed by atoms with E-state index in [1.54, 1.807) is 0 Å². The number of hydrogen-bond donors (Lipinski definition) is 0. The van der Waals surface area contributed by atoms with Crippen molar-refractivity contribution in [3.05, 3.63) is 40.0 Å². The molecule has 1 saturated heterocycles. The number of anilines is 1. The second-order valence-electron chi connectivity index (χ2n) is 5.83. The molecule has 4 heteroatoms. The number of allylic oxidation sites excluding steroid dienone is 2. The number of halogens is 1. The lowest BCUT2D eigenvalue weighted by Gasteiger charge is -2.38. The summed E-state index contributed by atoms with van der Waals surface area (Å²) >= 11 is 2.21. The van der Waals surface area contributed by atoms with Crippen LogP contribution in [0, 0.1) is 27.2 Å². The lowest BCUT2D eigenvalue weighted by molar-refractivity contribution is -0.124. The first-order valence-corrected chi connectivity index (χ1v) is 8.06. The van der Waals surface area contributed by atoms with Gasteiger partial charge in [0.05, 0.1) is 17.5 Å². The van der Waals surface area contributed by atoms with Gasteiger partial charge in [0.1, 0.15) is 0 Å². The summed E-state index contributed by atoms with van der Waals surface area (Å²) in [6.45, 7) is 0. The normalized spacial score (nSPS) is 34.8. The Balaban J connectivity index is 1.77. The minimum atomic E-state index is -0.121. The maximum Gasteiger partial charge on any atom is 0.238 e. The van der Waals surface area contributed by atoms with Crippen LogP contribution in [0.5, 0.6) is 0 Å². The molecule has 5 rings (SSSR count). The maximum absolute atomic E-state index is 12.7. The molecule has 3 nitrogen and oxygen atoms in total. The van der Waals surface area contributed by atoms with Gasteiger partial charge in [0.25, 0.3) is 0 Å². The Hall–Kier alpha value is -1.17.